The van der Waals surface area contributed by atoms with E-state index in [9.17, 15) is 13.2 Å². The molecule has 2 aromatic carbocycles. The Bertz CT molecular complexity index is 630. The lowest BCUT2D eigenvalue weighted by Crippen LogP contribution is -2.17. The van der Waals surface area contributed by atoms with E-state index < -0.39 is 6.36 Å². The number of nitrogen functional groups attached to an aromatic ring is 1. The van der Waals surface area contributed by atoms with Crippen LogP contribution in [0.5, 0.6) is 11.5 Å². The molecule has 0 heterocycles. The standard InChI is InChI=1S/C14H13F3N2O2/c1-20-10-5-6-12(18)13(8-10)19-9-3-2-4-11(7-9)21-14(15,16)17/h2-8,19H,18H2,1H3. The summed E-state index contributed by atoms with van der Waals surface area (Å²) < 4.78 is 45.5. The molecule has 0 amide bonds. The van der Waals surface area contributed by atoms with Gasteiger partial charge in [0.1, 0.15) is 11.5 Å². The van der Waals surface area contributed by atoms with Gasteiger partial charge in [0.05, 0.1) is 18.5 Å². The fraction of sp³-hybridized carbons (Fsp3) is 0.143. The Kier molecular flexibility index (Phi) is 4.11. The third-order valence-electron chi connectivity index (χ3n) is 2.61. The number of alkyl halides is 3. The number of halogens is 3. The number of nitrogens with two attached hydrogens (primary N) is 1. The van der Waals surface area contributed by atoms with Crippen molar-refractivity contribution in [1.29, 1.82) is 0 Å². The molecule has 0 aromatic heterocycles. The first-order chi connectivity index (χ1) is 9.87. The first kappa shape index (κ1) is 14.8. The molecule has 0 unspecified atom stereocenters. The van der Waals surface area contributed by atoms with Crippen molar-refractivity contribution in [3.05, 3.63) is 42.5 Å². The average molecular weight is 298 g/mol. The van der Waals surface area contributed by atoms with Gasteiger partial charge in [-0.05, 0) is 24.3 Å². The molecule has 2 aromatic rings. The normalized spacial score (nSPS) is 11.0. The summed E-state index contributed by atoms with van der Waals surface area (Å²) in [7, 11) is 1.51. The van der Waals surface area contributed by atoms with Crippen molar-refractivity contribution in [2.75, 3.05) is 18.2 Å². The van der Waals surface area contributed by atoms with Crippen LogP contribution in [-0.2, 0) is 0 Å². The quantitative estimate of drug-likeness (QED) is 0.840. The van der Waals surface area contributed by atoms with E-state index in [1.54, 1.807) is 24.3 Å². The second kappa shape index (κ2) is 5.82. The van der Waals surface area contributed by atoms with E-state index in [0.717, 1.165) is 0 Å². The predicted octanol–water partition coefficient (Wildman–Crippen LogP) is 3.92. The van der Waals surface area contributed by atoms with Gasteiger partial charge in [0.15, 0.2) is 0 Å². The molecule has 2 rings (SSSR count). The summed E-state index contributed by atoms with van der Waals surface area (Å²) in [4.78, 5) is 0. The minimum atomic E-state index is -4.73. The number of nitrogens with one attached hydrogen (secondary N) is 1. The van der Waals surface area contributed by atoms with E-state index in [1.807, 2.05) is 0 Å². The van der Waals surface area contributed by atoms with Crippen molar-refractivity contribution in [2.45, 2.75) is 6.36 Å². The van der Waals surface area contributed by atoms with Crippen LogP contribution in [0.3, 0.4) is 0 Å². The molecule has 0 saturated carbocycles. The summed E-state index contributed by atoms with van der Waals surface area (Å²) in [5, 5.41) is 2.92. The monoisotopic (exact) mass is 298 g/mol. The second-order valence-corrected chi connectivity index (χ2v) is 4.15. The number of rotatable bonds is 4. The summed E-state index contributed by atoms with van der Waals surface area (Å²) in [6, 6.07) is 10.5. The maximum absolute atomic E-state index is 12.2. The molecule has 0 aliphatic heterocycles. The smallest absolute Gasteiger partial charge is 0.497 e. The highest BCUT2D eigenvalue weighted by Gasteiger charge is 2.31. The van der Waals surface area contributed by atoms with Gasteiger partial charge in [0.2, 0.25) is 0 Å². The van der Waals surface area contributed by atoms with Gasteiger partial charge in [0.25, 0.3) is 0 Å². The van der Waals surface area contributed by atoms with E-state index in [2.05, 4.69) is 10.1 Å². The Morgan fingerprint density at radius 3 is 2.48 bits per heavy atom. The van der Waals surface area contributed by atoms with Crippen molar-refractivity contribution < 1.29 is 22.6 Å². The Hall–Kier alpha value is -2.57. The van der Waals surface area contributed by atoms with Crippen LogP contribution in [0.4, 0.5) is 30.2 Å². The van der Waals surface area contributed by atoms with Crippen LogP contribution in [-0.4, -0.2) is 13.5 Å². The van der Waals surface area contributed by atoms with Gasteiger partial charge in [-0.2, -0.15) is 0 Å². The number of benzene rings is 2. The van der Waals surface area contributed by atoms with Gasteiger partial charge >= 0.3 is 6.36 Å². The zero-order valence-corrected chi connectivity index (χ0v) is 11.1. The predicted molar refractivity (Wildman–Crippen MR) is 73.8 cm³/mol. The van der Waals surface area contributed by atoms with E-state index in [-0.39, 0.29) is 5.75 Å². The van der Waals surface area contributed by atoms with E-state index in [0.29, 0.717) is 22.8 Å². The Morgan fingerprint density at radius 1 is 1.05 bits per heavy atom. The van der Waals surface area contributed by atoms with Crippen molar-refractivity contribution in [1.82, 2.24) is 0 Å². The third-order valence-corrected chi connectivity index (χ3v) is 2.61. The average Bonchev–Trinajstić information content (AvgIpc) is 2.40. The molecule has 0 aliphatic carbocycles. The largest absolute Gasteiger partial charge is 0.573 e. The molecule has 4 nitrogen and oxygen atoms in total. The highest BCUT2D eigenvalue weighted by molar-refractivity contribution is 5.74. The summed E-state index contributed by atoms with van der Waals surface area (Å²) in [6.07, 6.45) is -4.73. The summed E-state index contributed by atoms with van der Waals surface area (Å²) in [5.74, 6) is 0.267. The Morgan fingerprint density at radius 2 is 1.81 bits per heavy atom. The molecule has 0 radical (unpaired) electrons. The zero-order chi connectivity index (χ0) is 15.5. The van der Waals surface area contributed by atoms with E-state index in [1.165, 1.54) is 25.3 Å². The first-order valence-corrected chi connectivity index (χ1v) is 5.94. The van der Waals surface area contributed by atoms with Gasteiger partial charge in [-0.1, -0.05) is 6.07 Å². The van der Waals surface area contributed by atoms with Crippen molar-refractivity contribution in [3.63, 3.8) is 0 Å². The fourth-order valence-electron chi connectivity index (χ4n) is 1.70. The second-order valence-electron chi connectivity index (χ2n) is 4.15. The minimum absolute atomic E-state index is 0.311. The lowest BCUT2D eigenvalue weighted by Gasteiger charge is -2.13. The molecule has 0 saturated heterocycles. The third kappa shape index (κ3) is 4.20. The molecular formula is C14H13F3N2O2. The molecule has 112 valence electrons. The van der Waals surface area contributed by atoms with Crippen LogP contribution in [0.1, 0.15) is 0 Å². The number of anilines is 3. The van der Waals surface area contributed by atoms with E-state index >= 15 is 0 Å². The zero-order valence-electron chi connectivity index (χ0n) is 11.1. The van der Waals surface area contributed by atoms with Gasteiger partial charge in [-0.15, -0.1) is 13.2 Å². The van der Waals surface area contributed by atoms with Crippen molar-refractivity contribution in [2.24, 2.45) is 0 Å². The molecule has 0 aliphatic rings. The van der Waals surface area contributed by atoms with Gasteiger partial charge in [-0.3, -0.25) is 0 Å². The number of methoxy groups -OCH3 is 1. The molecule has 0 fully saturated rings. The van der Waals surface area contributed by atoms with Crippen molar-refractivity contribution >= 4 is 17.1 Å². The minimum Gasteiger partial charge on any atom is -0.497 e. The highest BCUT2D eigenvalue weighted by Crippen LogP contribution is 2.30. The molecule has 3 N–H and O–H groups in total. The number of hydrogen-bond acceptors (Lipinski definition) is 4. The maximum atomic E-state index is 12.2. The van der Waals surface area contributed by atoms with Gasteiger partial charge in [-0.25, -0.2) is 0 Å². The van der Waals surface area contributed by atoms with Crippen LogP contribution < -0.4 is 20.5 Å². The molecule has 21 heavy (non-hydrogen) atoms. The van der Waals surface area contributed by atoms with Crippen LogP contribution in [0.15, 0.2) is 42.5 Å². The molecule has 7 heteroatoms. The van der Waals surface area contributed by atoms with Crippen LogP contribution in [0.2, 0.25) is 0 Å². The van der Waals surface area contributed by atoms with Crippen LogP contribution >= 0.6 is 0 Å². The lowest BCUT2D eigenvalue weighted by molar-refractivity contribution is -0.274. The fourth-order valence-corrected chi connectivity index (χ4v) is 1.70. The molecule has 0 spiro atoms. The number of ether oxygens (including phenoxy) is 2. The lowest BCUT2D eigenvalue weighted by atomic mass is 10.2. The highest BCUT2D eigenvalue weighted by atomic mass is 19.4. The summed E-state index contributed by atoms with van der Waals surface area (Å²) >= 11 is 0. The van der Waals surface area contributed by atoms with Gasteiger partial charge in [0, 0.05) is 17.8 Å². The topological polar surface area (TPSA) is 56.5 Å². The molecule has 0 atom stereocenters. The van der Waals surface area contributed by atoms with Crippen molar-refractivity contribution in [3.8, 4) is 11.5 Å². The Balaban J connectivity index is 2.22. The maximum Gasteiger partial charge on any atom is 0.573 e. The number of hydrogen-bond donors (Lipinski definition) is 2. The summed E-state index contributed by atoms with van der Waals surface area (Å²) in [6.45, 7) is 0. The SMILES string of the molecule is COc1ccc(N)c(Nc2cccc(OC(F)(F)F)c2)c1. The molecule has 0 bridgehead atoms. The Labute approximate surface area is 119 Å². The summed E-state index contributed by atoms with van der Waals surface area (Å²) in [5.41, 5.74) is 7.19. The first-order valence-electron chi connectivity index (χ1n) is 5.94. The van der Waals surface area contributed by atoms with E-state index in [4.69, 9.17) is 10.5 Å². The van der Waals surface area contributed by atoms with Crippen LogP contribution in [0, 0.1) is 0 Å². The van der Waals surface area contributed by atoms with Crippen LogP contribution in [0.25, 0.3) is 0 Å². The molecular weight excluding hydrogens is 285 g/mol. The van der Waals surface area contributed by atoms with Gasteiger partial charge < -0.3 is 20.5 Å².